The minimum Gasteiger partial charge on any atom is -0.493 e. The lowest BCUT2D eigenvalue weighted by atomic mass is 9.87. The first kappa shape index (κ1) is 14.1. The molecule has 0 fully saturated rings. The van der Waals surface area contributed by atoms with Gasteiger partial charge in [-0.15, -0.1) is 12.4 Å². The summed E-state index contributed by atoms with van der Waals surface area (Å²) in [7, 11) is 5.42. The fourth-order valence-corrected chi connectivity index (χ4v) is 2.43. The highest BCUT2D eigenvalue weighted by atomic mass is 35.5. The molecule has 0 radical (unpaired) electrons. The van der Waals surface area contributed by atoms with E-state index in [1.165, 1.54) is 11.1 Å². The third-order valence-corrected chi connectivity index (χ3v) is 3.36. The Labute approximate surface area is 109 Å². The molecule has 17 heavy (non-hydrogen) atoms. The van der Waals surface area contributed by atoms with Gasteiger partial charge in [0, 0.05) is 11.6 Å². The Morgan fingerprint density at radius 2 is 2.00 bits per heavy atom. The quantitative estimate of drug-likeness (QED) is 0.901. The van der Waals surface area contributed by atoms with Crippen molar-refractivity contribution in [3.05, 3.63) is 23.3 Å². The topological polar surface area (TPSA) is 30.5 Å². The molecule has 0 bridgehead atoms. The number of methoxy groups -OCH3 is 2. The Hall–Kier alpha value is -0.930. The molecule has 1 aliphatic carbocycles. The fourth-order valence-electron chi connectivity index (χ4n) is 2.43. The van der Waals surface area contributed by atoms with Crippen LogP contribution in [-0.4, -0.2) is 27.3 Å². The van der Waals surface area contributed by atoms with Crippen LogP contribution in [0.3, 0.4) is 0 Å². The van der Waals surface area contributed by atoms with Crippen molar-refractivity contribution in [2.75, 3.05) is 21.3 Å². The predicted molar refractivity (Wildman–Crippen MR) is 71.7 cm³/mol. The lowest BCUT2D eigenvalue weighted by Crippen LogP contribution is -2.31. The molecular weight excluding hydrogens is 238 g/mol. The maximum absolute atomic E-state index is 5.46. The Balaban J connectivity index is 0.00000144. The number of fused-ring (bicyclic) bond motifs is 1. The minimum atomic E-state index is 0. The standard InChI is InChI=1S/C13H19NO2.ClH/c1-14-10-5-6-11-9(8-10)4-7-12(15-2)13(11)16-3;/h4,7,10,14H,5-6,8H2,1-3H3;1H. The van der Waals surface area contributed by atoms with Crippen molar-refractivity contribution in [3.63, 3.8) is 0 Å². The zero-order valence-electron chi connectivity index (χ0n) is 10.6. The van der Waals surface area contributed by atoms with E-state index in [0.29, 0.717) is 6.04 Å². The third-order valence-electron chi connectivity index (χ3n) is 3.36. The van der Waals surface area contributed by atoms with Crippen molar-refractivity contribution in [2.24, 2.45) is 0 Å². The molecule has 0 spiro atoms. The minimum absolute atomic E-state index is 0. The molecule has 0 saturated heterocycles. The van der Waals surface area contributed by atoms with Crippen LogP contribution in [0.25, 0.3) is 0 Å². The monoisotopic (exact) mass is 257 g/mol. The van der Waals surface area contributed by atoms with Crippen LogP contribution in [0.1, 0.15) is 17.5 Å². The Morgan fingerprint density at radius 3 is 2.59 bits per heavy atom. The van der Waals surface area contributed by atoms with Crippen LogP contribution in [0, 0.1) is 0 Å². The second kappa shape index (κ2) is 6.12. The number of halogens is 1. The maximum atomic E-state index is 5.46. The van der Waals surface area contributed by atoms with E-state index in [0.717, 1.165) is 30.8 Å². The molecule has 1 aromatic carbocycles. The summed E-state index contributed by atoms with van der Waals surface area (Å²) < 4.78 is 10.8. The SMILES string of the molecule is CNC1CCc2c(ccc(OC)c2OC)C1.Cl. The summed E-state index contributed by atoms with van der Waals surface area (Å²) in [6.45, 7) is 0. The number of benzene rings is 1. The molecule has 4 heteroatoms. The molecule has 0 aromatic heterocycles. The molecule has 0 amide bonds. The van der Waals surface area contributed by atoms with E-state index in [1.807, 2.05) is 13.1 Å². The molecule has 96 valence electrons. The van der Waals surface area contributed by atoms with E-state index < -0.39 is 0 Å². The molecule has 1 aliphatic rings. The maximum Gasteiger partial charge on any atom is 0.164 e. The van der Waals surface area contributed by atoms with Crippen LogP contribution in [-0.2, 0) is 12.8 Å². The van der Waals surface area contributed by atoms with E-state index in [-0.39, 0.29) is 12.4 Å². The van der Waals surface area contributed by atoms with Gasteiger partial charge in [0.15, 0.2) is 11.5 Å². The Bertz CT molecular complexity index is 382. The molecule has 2 rings (SSSR count). The van der Waals surface area contributed by atoms with Crippen molar-refractivity contribution in [2.45, 2.75) is 25.3 Å². The van der Waals surface area contributed by atoms with Crippen LogP contribution in [0.15, 0.2) is 12.1 Å². The number of nitrogens with one attached hydrogen (secondary N) is 1. The average molecular weight is 258 g/mol. The predicted octanol–water partition coefficient (Wildman–Crippen LogP) is 2.20. The molecule has 1 unspecified atom stereocenters. The summed E-state index contributed by atoms with van der Waals surface area (Å²) in [5.74, 6) is 1.75. The van der Waals surface area contributed by atoms with Crippen LogP contribution < -0.4 is 14.8 Å². The summed E-state index contributed by atoms with van der Waals surface area (Å²) in [5.41, 5.74) is 2.69. The van der Waals surface area contributed by atoms with E-state index in [1.54, 1.807) is 14.2 Å². The molecule has 1 aromatic rings. The van der Waals surface area contributed by atoms with Gasteiger partial charge >= 0.3 is 0 Å². The van der Waals surface area contributed by atoms with E-state index in [4.69, 9.17) is 9.47 Å². The number of ether oxygens (including phenoxy) is 2. The second-order valence-electron chi connectivity index (χ2n) is 4.17. The first-order valence-corrected chi connectivity index (χ1v) is 5.70. The van der Waals surface area contributed by atoms with E-state index >= 15 is 0 Å². The first-order valence-electron chi connectivity index (χ1n) is 5.70. The number of hydrogen-bond donors (Lipinski definition) is 1. The lowest BCUT2D eigenvalue weighted by Gasteiger charge is -2.26. The summed E-state index contributed by atoms with van der Waals surface area (Å²) in [4.78, 5) is 0. The molecule has 1 atom stereocenters. The highest BCUT2D eigenvalue weighted by molar-refractivity contribution is 5.85. The smallest absolute Gasteiger partial charge is 0.164 e. The summed E-state index contributed by atoms with van der Waals surface area (Å²) in [6, 6.07) is 4.74. The average Bonchev–Trinajstić information content (AvgIpc) is 2.36. The van der Waals surface area contributed by atoms with Gasteiger partial charge in [-0.2, -0.15) is 0 Å². The van der Waals surface area contributed by atoms with Gasteiger partial charge in [-0.3, -0.25) is 0 Å². The molecular formula is C13H20ClNO2. The molecule has 3 nitrogen and oxygen atoms in total. The van der Waals surface area contributed by atoms with Crippen molar-refractivity contribution in [3.8, 4) is 11.5 Å². The van der Waals surface area contributed by atoms with Gasteiger partial charge in [-0.05, 0) is 37.9 Å². The van der Waals surface area contributed by atoms with Gasteiger partial charge in [-0.1, -0.05) is 6.07 Å². The number of rotatable bonds is 3. The largest absolute Gasteiger partial charge is 0.493 e. The zero-order valence-corrected chi connectivity index (χ0v) is 11.4. The van der Waals surface area contributed by atoms with Gasteiger partial charge in [0.2, 0.25) is 0 Å². The van der Waals surface area contributed by atoms with Crippen LogP contribution in [0.4, 0.5) is 0 Å². The van der Waals surface area contributed by atoms with Gasteiger partial charge in [0.05, 0.1) is 14.2 Å². The van der Waals surface area contributed by atoms with Gasteiger partial charge in [0.25, 0.3) is 0 Å². The van der Waals surface area contributed by atoms with Gasteiger partial charge < -0.3 is 14.8 Å². The highest BCUT2D eigenvalue weighted by Crippen LogP contribution is 2.37. The van der Waals surface area contributed by atoms with Crippen molar-refractivity contribution >= 4 is 12.4 Å². The Morgan fingerprint density at radius 1 is 1.24 bits per heavy atom. The van der Waals surface area contributed by atoms with Crippen molar-refractivity contribution in [1.29, 1.82) is 0 Å². The van der Waals surface area contributed by atoms with Gasteiger partial charge in [-0.25, -0.2) is 0 Å². The molecule has 0 heterocycles. The van der Waals surface area contributed by atoms with Crippen LogP contribution >= 0.6 is 12.4 Å². The van der Waals surface area contributed by atoms with Crippen LogP contribution in [0.2, 0.25) is 0 Å². The summed E-state index contributed by atoms with van der Waals surface area (Å²) >= 11 is 0. The molecule has 1 N–H and O–H groups in total. The molecule has 0 saturated carbocycles. The number of hydrogen-bond acceptors (Lipinski definition) is 3. The van der Waals surface area contributed by atoms with Crippen molar-refractivity contribution in [1.82, 2.24) is 5.32 Å². The Kier molecular flexibility index (Phi) is 5.09. The van der Waals surface area contributed by atoms with E-state index in [9.17, 15) is 0 Å². The normalized spacial score (nSPS) is 17.9. The van der Waals surface area contributed by atoms with Gasteiger partial charge in [0.1, 0.15) is 0 Å². The second-order valence-corrected chi connectivity index (χ2v) is 4.17. The first-order chi connectivity index (χ1) is 7.80. The summed E-state index contributed by atoms with van der Waals surface area (Å²) in [6.07, 6.45) is 3.29. The number of likely N-dealkylation sites (N-methyl/N-ethyl adjacent to an activating group) is 1. The lowest BCUT2D eigenvalue weighted by molar-refractivity contribution is 0.347. The highest BCUT2D eigenvalue weighted by Gasteiger charge is 2.22. The van der Waals surface area contributed by atoms with E-state index in [2.05, 4.69) is 11.4 Å². The van der Waals surface area contributed by atoms with Crippen molar-refractivity contribution < 1.29 is 9.47 Å². The zero-order chi connectivity index (χ0) is 11.5. The molecule has 0 aliphatic heterocycles. The fraction of sp³-hybridized carbons (Fsp3) is 0.538. The summed E-state index contributed by atoms with van der Waals surface area (Å²) in [5, 5.41) is 3.34. The van der Waals surface area contributed by atoms with Crippen LogP contribution in [0.5, 0.6) is 11.5 Å². The third kappa shape index (κ3) is 2.67.